The third kappa shape index (κ3) is 12.0. The minimum atomic E-state index is -0.931. The summed E-state index contributed by atoms with van der Waals surface area (Å²) in [7, 11) is 1.46. The molecule has 0 aliphatic carbocycles. The van der Waals surface area contributed by atoms with Crippen LogP contribution in [0.5, 0.6) is 0 Å². The highest BCUT2D eigenvalue weighted by Gasteiger charge is 2.50. The molecule has 2 saturated heterocycles. The van der Waals surface area contributed by atoms with E-state index in [-0.39, 0.29) is 24.7 Å². The zero-order valence-corrected chi connectivity index (χ0v) is 30.1. The van der Waals surface area contributed by atoms with Crippen LogP contribution in [0.3, 0.4) is 0 Å². The maximum atomic E-state index is 13.6. The summed E-state index contributed by atoms with van der Waals surface area (Å²) in [6.45, 7) is 6.10. The van der Waals surface area contributed by atoms with Crippen molar-refractivity contribution in [3.05, 3.63) is 107 Å². The zero-order valence-electron chi connectivity index (χ0n) is 29.3. The number of aryl methyl sites for hydroxylation is 1. The largest absolute Gasteiger partial charge is 0.383 e. The maximum Gasteiger partial charge on any atom is 0.252 e. The first kappa shape index (κ1) is 38.2. The number of ketones is 1. The Morgan fingerprint density at radius 3 is 2.08 bits per heavy atom. The van der Waals surface area contributed by atoms with Crippen molar-refractivity contribution in [2.75, 3.05) is 46.6 Å². The van der Waals surface area contributed by atoms with Gasteiger partial charge in [0.15, 0.2) is 5.78 Å². The van der Waals surface area contributed by atoms with Gasteiger partial charge in [0.05, 0.1) is 38.9 Å². The molecule has 5 rings (SSSR count). The Balaban J connectivity index is 1.20. The molecule has 11 nitrogen and oxygen atoms in total. The number of benzene rings is 3. The first-order chi connectivity index (χ1) is 24.7. The lowest BCUT2D eigenvalue weighted by Crippen LogP contribution is -2.51. The number of ether oxygens (including phenoxy) is 3. The van der Waals surface area contributed by atoms with Crippen LogP contribution in [0.25, 0.3) is 0 Å². The van der Waals surface area contributed by atoms with E-state index in [0.29, 0.717) is 25.9 Å². The fourth-order valence-electron chi connectivity index (χ4n) is 5.89. The van der Waals surface area contributed by atoms with Gasteiger partial charge in [-0.2, -0.15) is 0 Å². The number of rotatable bonds is 19. The average molecular weight is 717 g/mol. The fourth-order valence-corrected chi connectivity index (χ4v) is 6.67. The number of morpholine rings is 1. The minimum Gasteiger partial charge on any atom is -0.383 e. The standard InChI is InChI=1S/C39H48N4O7S/c1-39(27-50-39)36(45)33(23-29-11-7-4-8-12-29)41-38(47)34(26-48-2)51-42-37(46)32(18-17-28-9-5-3-6-10-28)40-35(44)24-30-13-15-31(16-14-30)25-43-19-21-49-22-20-43/h3-16,32-34H,17-27H2,1-2H3,(H,40,44)(H,41,47)(H,42,46)/t32-,33?,34-,39?/m0/s1. The number of nitrogens with zero attached hydrogens (tertiary/aromatic N) is 1. The molecule has 3 N–H and O–H groups in total. The molecular formula is C39H48N4O7S. The van der Waals surface area contributed by atoms with E-state index in [4.69, 9.17) is 14.2 Å². The van der Waals surface area contributed by atoms with Gasteiger partial charge in [0.1, 0.15) is 16.9 Å². The molecule has 2 heterocycles. The van der Waals surface area contributed by atoms with Gasteiger partial charge in [-0.1, -0.05) is 84.9 Å². The van der Waals surface area contributed by atoms with Crippen molar-refractivity contribution in [2.45, 2.75) is 62.1 Å². The van der Waals surface area contributed by atoms with Crippen molar-refractivity contribution < 1.29 is 33.4 Å². The first-order valence-electron chi connectivity index (χ1n) is 17.4. The number of hydrogen-bond acceptors (Lipinski definition) is 9. The molecular weight excluding hydrogens is 669 g/mol. The van der Waals surface area contributed by atoms with Gasteiger partial charge in [-0.05, 0) is 60.4 Å². The van der Waals surface area contributed by atoms with Crippen molar-refractivity contribution >= 4 is 35.5 Å². The summed E-state index contributed by atoms with van der Waals surface area (Å²) in [4.78, 5) is 56.1. The van der Waals surface area contributed by atoms with Gasteiger partial charge in [-0.3, -0.25) is 28.8 Å². The van der Waals surface area contributed by atoms with E-state index >= 15 is 0 Å². The molecule has 0 aromatic heterocycles. The highest BCUT2D eigenvalue weighted by atomic mass is 32.2. The smallest absolute Gasteiger partial charge is 0.252 e. The molecule has 0 saturated carbocycles. The van der Waals surface area contributed by atoms with Gasteiger partial charge in [0.25, 0.3) is 5.91 Å². The lowest BCUT2D eigenvalue weighted by Gasteiger charge is -2.26. The summed E-state index contributed by atoms with van der Waals surface area (Å²) in [5.74, 6) is -1.38. The Morgan fingerprint density at radius 1 is 0.824 bits per heavy atom. The summed E-state index contributed by atoms with van der Waals surface area (Å²) in [5.41, 5.74) is 3.01. The van der Waals surface area contributed by atoms with Crippen LogP contribution in [0.15, 0.2) is 84.9 Å². The molecule has 4 atom stereocenters. The number of methoxy groups -OCH3 is 1. The molecule has 2 fully saturated rings. The van der Waals surface area contributed by atoms with Crippen LogP contribution < -0.4 is 15.4 Å². The molecule has 0 radical (unpaired) electrons. The predicted molar refractivity (Wildman–Crippen MR) is 196 cm³/mol. The SMILES string of the molecule is COC[C@H](SNC(=O)[C@H](CCc1ccccc1)NC(=O)Cc1ccc(CN2CCOCC2)cc1)C(=O)NC(Cc1ccccc1)C(=O)C1(C)CO1. The van der Waals surface area contributed by atoms with Crippen molar-refractivity contribution in [2.24, 2.45) is 0 Å². The Hall–Kier alpha value is -4.07. The number of amides is 3. The Kier molecular flexibility index (Phi) is 14.2. The number of carbonyl (C=O) groups is 4. The zero-order chi connectivity index (χ0) is 36.1. The summed E-state index contributed by atoms with van der Waals surface area (Å²) < 4.78 is 19.0. The molecule has 272 valence electrons. The molecule has 51 heavy (non-hydrogen) atoms. The van der Waals surface area contributed by atoms with E-state index < -0.39 is 34.7 Å². The summed E-state index contributed by atoms with van der Waals surface area (Å²) in [6, 6.07) is 25.5. The molecule has 2 aliphatic rings. The van der Waals surface area contributed by atoms with Crippen LogP contribution >= 0.6 is 11.9 Å². The molecule has 3 amide bonds. The van der Waals surface area contributed by atoms with E-state index in [1.54, 1.807) is 6.92 Å². The minimum absolute atomic E-state index is 0.0145. The van der Waals surface area contributed by atoms with Crippen LogP contribution in [0.2, 0.25) is 0 Å². The van der Waals surface area contributed by atoms with Gasteiger partial charge in [0.2, 0.25) is 11.8 Å². The Bertz CT molecular complexity index is 1580. The fraction of sp³-hybridized carbons (Fsp3) is 0.436. The normalized spacial score (nSPS) is 18.9. The topological polar surface area (TPSA) is 139 Å². The second kappa shape index (κ2) is 19.0. The molecule has 2 aliphatic heterocycles. The molecule has 12 heteroatoms. The number of nitrogens with one attached hydrogen (secondary N) is 3. The average Bonchev–Trinajstić information content (AvgIpc) is 3.91. The number of epoxide rings is 1. The first-order valence-corrected chi connectivity index (χ1v) is 18.3. The van der Waals surface area contributed by atoms with E-state index in [1.165, 1.54) is 12.7 Å². The number of carbonyl (C=O) groups excluding carboxylic acids is 4. The molecule has 0 bridgehead atoms. The van der Waals surface area contributed by atoms with Gasteiger partial charge in [-0.25, -0.2) is 0 Å². The molecule has 3 aromatic carbocycles. The summed E-state index contributed by atoms with van der Waals surface area (Å²) >= 11 is 0.900. The second-order valence-electron chi connectivity index (χ2n) is 13.2. The number of Topliss-reactive ketones (excluding diaryl/α,β-unsaturated/α-hetero) is 1. The van der Waals surface area contributed by atoms with Gasteiger partial charge in [-0.15, -0.1) is 0 Å². The predicted octanol–water partition coefficient (Wildman–Crippen LogP) is 3.04. The van der Waals surface area contributed by atoms with Crippen molar-refractivity contribution in [1.82, 2.24) is 20.3 Å². The summed E-state index contributed by atoms with van der Waals surface area (Å²) in [6.07, 6.45) is 1.33. The van der Waals surface area contributed by atoms with E-state index in [0.717, 1.165) is 61.5 Å². The molecule has 2 unspecified atom stereocenters. The summed E-state index contributed by atoms with van der Waals surface area (Å²) in [5, 5.41) is 4.94. The Morgan fingerprint density at radius 2 is 1.45 bits per heavy atom. The van der Waals surface area contributed by atoms with Gasteiger partial charge in [0, 0.05) is 26.7 Å². The molecule has 0 spiro atoms. The van der Waals surface area contributed by atoms with Crippen molar-refractivity contribution in [1.29, 1.82) is 0 Å². The maximum absolute atomic E-state index is 13.6. The number of hydrogen-bond donors (Lipinski definition) is 3. The lowest BCUT2D eigenvalue weighted by molar-refractivity contribution is -0.130. The Labute approximate surface area is 304 Å². The van der Waals surface area contributed by atoms with E-state index in [1.807, 2.05) is 84.9 Å². The highest BCUT2D eigenvalue weighted by Crippen LogP contribution is 2.29. The van der Waals surface area contributed by atoms with Crippen LogP contribution in [-0.4, -0.2) is 98.0 Å². The quantitative estimate of drug-likeness (QED) is 0.126. The van der Waals surface area contributed by atoms with Crippen molar-refractivity contribution in [3.8, 4) is 0 Å². The van der Waals surface area contributed by atoms with Crippen LogP contribution in [0, 0.1) is 0 Å². The third-order valence-corrected chi connectivity index (χ3v) is 9.99. The van der Waals surface area contributed by atoms with Gasteiger partial charge < -0.3 is 24.8 Å². The van der Waals surface area contributed by atoms with E-state index in [2.05, 4.69) is 20.3 Å². The lowest BCUT2D eigenvalue weighted by atomic mass is 9.95. The highest BCUT2D eigenvalue weighted by molar-refractivity contribution is 7.99. The van der Waals surface area contributed by atoms with Gasteiger partial charge >= 0.3 is 0 Å². The van der Waals surface area contributed by atoms with Crippen LogP contribution in [0.4, 0.5) is 0 Å². The molecule has 3 aromatic rings. The second-order valence-corrected chi connectivity index (χ2v) is 14.2. The third-order valence-electron chi connectivity index (χ3n) is 9.04. The van der Waals surface area contributed by atoms with Crippen molar-refractivity contribution in [3.63, 3.8) is 0 Å². The monoisotopic (exact) mass is 716 g/mol. The van der Waals surface area contributed by atoms with E-state index in [9.17, 15) is 19.2 Å². The van der Waals surface area contributed by atoms with Crippen LogP contribution in [-0.2, 0) is 59.2 Å². The van der Waals surface area contributed by atoms with Crippen LogP contribution in [0.1, 0.15) is 35.6 Å².